The van der Waals surface area contributed by atoms with E-state index in [1.807, 2.05) is 47.6 Å². The van der Waals surface area contributed by atoms with Gasteiger partial charge < -0.3 is 15.6 Å². The molecule has 1 aromatic carbocycles. The molecule has 0 heterocycles. The summed E-state index contributed by atoms with van der Waals surface area (Å²) in [7, 11) is 0. The van der Waals surface area contributed by atoms with E-state index in [-0.39, 0.29) is 41.2 Å². The molecule has 1 unspecified atom stereocenters. The highest BCUT2D eigenvalue weighted by Crippen LogP contribution is 2.40. The van der Waals surface area contributed by atoms with Crippen molar-refractivity contribution in [2.75, 3.05) is 6.61 Å². The van der Waals surface area contributed by atoms with Crippen molar-refractivity contribution in [3.63, 3.8) is 0 Å². The summed E-state index contributed by atoms with van der Waals surface area (Å²) < 4.78 is 19.1. The first-order valence-corrected chi connectivity index (χ1v) is 8.24. The summed E-state index contributed by atoms with van der Waals surface area (Å²) in [6, 6.07) is 2.32. The van der Waals surface area contributed by atoms with Crippen LogP contribution in [0.3, 0.4) is 0 Å². The SMILES string of the molecule is CCOC(=O)C(F)[C@H](N)c1cc(C(C)(C)C)cc(C(C)(C)C)c1O.Cl. The molecule has 1 rings (SSSR count). The molecule has 0 saturated heterocycles. The van der Waals surface area contributed by atoms with Gasteiger partial charge in [0.1, 0.15) is 5.75 Å². The first-order valence-electron chi connectivity index (χ1n) is 8.24. The molecule has 1 aromatic rings. The van der Waals surface area contributed by atoms with E-state index in [2.05, 4.69) is 0 Å². The van der Waals surface area contributed by atoms with Gasteiger partial charge in [0.25, 0.3) is 0 Å². The van der Waals surface area contributed by atoms with Gasteiger partial charge >= 0.3 is 5.97 Å². The maximum Gasteiger partial charge on any atom is 0.342 e. The summed E-state index contributed by atoms with van der Waals surface area (Å²) in [5.74, 6) is -1.07. The van der Waals surface area contributed by atoms with Gasteiger partial charge in [-0.25, -0.2) is 9.18 Å². The highest BCUT2D eigenvalue weighted by molar-refractivity contribution is 5.85. The van der Waals surface area contributed by atoms with Gasteiger partial charge in [-0.1, -0.05) is 47.6 Å². The number of ether oxygens (including phenoxy) is 1. The lowest BCUT2D eigenvalue weighted by Crippen LogP contribution is -2.32. The second kappa shape index (κ2) is 8.37. The molecule has 4 nitrogen and oxygen atoms in total. The zero-order valence-corrected chi connectivity index (χ0v) is 17.0. The van der Waals surface area contributed by atoms with E-state index < -0.39 is 18.2 Å². The summed E-state index contributed by atoms with van der Waals surface area (Å²) in [6.45, 7) is 13.6. The molecule has 2 atom stereocenters. The van der Waals surface area contributed by atoms with Crippen LogP contribution >= 0.6 is 12.4 Å². The third-order valence-corrected chi connectivity index (χ3v) is 4.00. The summed E-state index contributed by atoms with van der Waals surface area (Å²) in [5.41, 5.74) is 7.23. The fraction of sp³-hybridized carbons (Fsp3) is 0.632. The molecule has 0 radical (unpaired) electrons. The Labute approximate surface area is 156 Å². The Hall–Kier alpha value is -1.33. The number of aromatic hydroxyl groups is 1. The minimum absolute atomic E-state index is 0. The van der Waals surface area contributed by atoms with Crippen LogP contribution in [0, 0.1) is 0 Å². The molecule has 0 amide bonds. The Balaban J connectivity index is 0.00000576. The van der Waals surface area contributed by atoms with Crippen molar-refractivity contribution in [1.29, 1.82) is 0 Å². The van der Waals surface area contributed by atoms with Gasteiger partial charge in [0.2, 0.25) is 6.17 Å². The molecule has 0 aromatic heterocycles. The van der Waals surface area contributed by atoms with Crippen molar-refractivity contribution >= 4 is 18.4 Å². The van der Waals surface area contributed by atoms with Crippen LogP contribution < -0.4 is 5.73 Å². The largest absolute Gasteiger partial charge is 0.507 e. The molecular weight excluding hydrogens is 345 g/mol. The molecule has 6 heteroatoms. The predicted molar refractivity (Wildman–Crippen MR) is 101 cm³/mol. The average molecular weight is 376 g/mol. The van der Waals surface area contributed by atoms with E-state index in [4.69, 9.17) is 10.5 Å². The van der Waals surface area contributed by atoms with E-state index in [9.17, 15) is 14.3 Å². The third-order valence-electron chi connectivity index (χ3n) is 4.00. The molecule has 0 saturated carbocycles. The molecule has 0 aliphatic heterocycles. The lowest BCUT2D eigenvalue weighted by atomic mass is 9.78. The Bertz CT molecular complexity index is 606. The number of rotatable bonds is 4. The first-order chi connectivity index (χ1) is 10.8. The maximum absolute atomic E-state index is 14.4. The van der Waals surface area contributed by atoms with E-state index in [1.165, 1.54) is 0 Å². The number of carbonyl (C=O) groups is 1. The molecule has 0 bridgehead atoms. The zero-order chi connectivity index (χ0) is 18.9. The molecule has 25 heavy (non-hydrogen) atoms. The number of hydrogen-bond donors (Lipinski definition) is 2. The topological polar surface area (TPSA) is 72.5 Å². The second-order valence-electron chi connectivity index (χ2n) is 8.14. The van der Waals surface area contributed by atoms with Crippen LogP contribution in [0.25, 0.3) is 0 Å². The minimum atomic E-state index is -2.03. The molecule has 0 fully saturated rings. The second-order valence-corrected chi connectivity index (χ2v) is 8.14. The number of halogens is 2. The predicted octanol–water partition coefficient (Wildman–Crippen LogP) is 4.31. The monoisotopic (exact) mass is 375 g/mol. The number of carbonyl (C=O) groups excluding carboxylic acids is 1. The number of benzene rings is 1. The quantitative estimate of drug-likeness (QED) is 0.769. The Morgan fingerprint density at radius 2 is 1.72 bits per heavy atom. The highest BCUT2D eigenvalue weighted by Gasteiger charge is 2.33. The molecule has 0 spiro atoms. The number of alkyl halides is 1. The lowest BCUT2D eigenvalue weighted by molar-refractivity contribution is -0.149. The summed E-state index contributed by atoms with van der Waals surface area (Å²) in [6.07, 6.45) is -2.03. The van der Waals surface area contributed by atoms with Crippen molar-refractivity contribution in [3.05, 3.63) is 28.8 Å². The van der Waals surface area contributed by atoms with Gasteiger partial charge in [0.15, 0.2) is 0 Å². The van der Waals surface area contributed by atoms with Gasteiger partial charge in [-0.05, 0) is 34.9 Å². The normalized spacial score (nSPS) is 14.4. The Morgan fingerprint density at radius 1 is 1.20 bits per heavy atom. The molecular formula is C19H31ClFNO3. The number of phenolic OH excluding ortho intramolecular Hbond substituents is 1. The molecule has 3 N–H and O–H groups in total. The van der Waals surface area contributed by atoms with Crippen LogP contribution in [0.15, 0.2) is 12.1 Å². The van der Waals surface area contributed by atoms with E-state index in [1.54, 1.807) is 13.0 Å². The van der Waals surface area contributed by atoms with E-state index in [0.29, 0.717) is 5.56 Å². The van der Waals surface area contributed by atoms with Crippen molar-refractivity contribution in [3.8, 4) is 5.75 Å². The van der Waals surface area contributed by atoms with Gasteiger partial charge in [-0.2, -0.15) is 0 Å². The van der Waals surface area contributed by atoms with Crippen LogP contribution in [0.1, 0.15) is 71.2 Å². The number of nitrogens with two attached hydrogens (primary N) is 1. The van der Waals surface area contributed by atoms with E-state index >= 15 is 0 Å². The Kier molecular flexibility index (Phi) is 7.92. The van der Waals surface area contributed by atoms with Gasteiger partial charge in [0, 0.05) is 5.56 Å². The molecule has 144 valence electrons. The third kappa shape index (κ3) is 5.58. The van der Waals surface area contributed by atoms with Crippen molar-refractivity contribution in [1.82, 2.24) is 0 Å². The van der Waals surface area contributed by atoms with Crippen LogP contribution in [-0.4, -0.2) is 23.9 Å². The van der Waals surface area contributed by atoms with Crippen molar-refractivity contribution < 1.29 is 19.0 Å². The van der Waals surface area contributed by atoms with Crippen molar-refractivity contribution in [2.45, 2.75) is 71.5 Å². The zero-order valence-electron chi connectivity index (χ0n) is 16.1. The summed E-state index contributed by atoms with van der Waals surface area (Å²) in [4.78, 5) is 11.7. The average Bonchev–Trinajstić information content (AvgIpc) is 2.43. The van der Waals surface area contributed by atoms with Gasteiger partial charge in [0.05, 0.1) is 12.6 Å². The lowest BCUT2D eigenvalue weighted by Gasteiger charge is -2.29. The molecule has 0 aliphatic rings. The number of hydrogen-bond acceptors (Lipinski definition) is 4. The highest BCUT2D eigenvalue weighted by atomic mass is 35.5. The first kappa shape index (κ1) is 23.7. The van der Waals surface area contributed by atoms with Crippen LogP contribution in [0.4, 0.5) is 4.39 Å². The van der Waals surface area contributed by atoms with Crippen LogP contribution in [0.2, 0.25) is 0 Å². The minimum Gasteiger partial charge on any atom is -0.507 e. The summed E-state index contributed by atoms with van der Waals surface area (Å²) >= 11 is 0. The Morgan fingerprint density at radius 3 is 2.12 bits per heavy atom. The number of esters is 1. The standard InChI is InChI=1S/C19H30FNO3.ClH/c1-8-24-17(23)14(20)15(21)12-9-11(18(2,3)4)10-13(16(12)22)19(5,6)7;/h9-10,14-15,22H,8,21H2,1-7H3;1H/t14?,15-;/m1./s1. The fourth-order valence-electron chi connectivity index (χ4n) is 2.44. The maximum atomic E-state index is 14.4. The molecule has 0 aliphatic carbocycles. The van der Waals surface area contributed by atoms with Crippen LogP contribution in [0.5, 0.6) is 5.75 Å². The van der Waals surface area contributed by atoms with Crippen LogP contribution in [-0.2, 0) is 20.4 Å². The number of phenols is 1. The van der Waals surface area contributed by atoms with Crippen molar-refractivity contribution in [2.24, 2.45) is 5.73 Å². The smallest absolute Gasteiger partial charge is 0.342 e. The summed E-state index contributed by atoms with van der Waals surface area (Å²) in [5, 5.41) is 10.6. The van der Waals surface area contributed by atoms with Gasteiger partial charge in [-0.3, -0.25) is 0 Å². The fourth-order valence-corrected chi connectivity index (χ4v) is 2.44. The van der Waals surface area contributed by atoms with Gasteiger partial charge in [-0.15, -0.1) is 12.4 Å². The van der Waals surface area contributed by atoms with E-state index in [0.717, 1.165) is 5.56 Å².